The van der Waals surface area contributed by atoms with Crippen molar-refractivity contribution in [1.29, 1.82) is 0 Å². The number of hydrogen-bond acceptors (Lipinski definition) is 7. The molecule has 3 amide bonds. The molecule has 2 heterocycles. The van der Waals surface area contributed by atoms with Gasteiger partial charge >= 0.3 is 0 Å². The maximum atomic E-state index is 14.4. The van der Waals surface area contributed by atoms with Gasteiger partial charge in [-0.3, -0.25) is 24.3 Å². The highest BCUT2D eigenvalue weighted by molar-refractivity contribution is 7.09. The molecule has 1 atom stereocenters. The molecule has 2 aliphatic carbocycles. The molecule has 1 unspecified atom stereocenters. The first-order chi connectivity index (χ1) is 20.0. The molecule has 216 valence electrons. The Morgan fingerprint density at radius 3 is 2.17 bits per heavy atom. The number of anilines is 2. The minimum Gasteiger partial charge on any atom is -0.395 e. The van der Waals surface area contributed by atoms with E-state index in [-0.39, 0.29) is 40.2 Å². The Morgan fingerprint density at radius 1 is 0.927 bits per heavy atom. The lowest BCUT2D eigenvalue weighted by atomic mass is 9.95. The monoisotopic (exact) mass is 574 g/mol. The summed E-state index contributed by atoms with van der Waals surface area (Å²) in [7, 11) is 0. The van der Waals surface area contributed by atoms with E-state index < -0.39 is 11.9 Å². The molecule has 5 rings (SSSR count). The lowest BCUT2D eigenvalue weighted by Crippen LogP contribution is -2.46. The molecule has 0 radical (unpaired) electrons. The average molecular weight is 575 g/mol. The smallest absolute Gasteiger partial charge is 0.273 e. The van der Waals surface area contributed by atoms with Crippen LogP contribution in [0.2, 0.25) is 0 Å². The van der Waals surface area contributed by atoms with Crippen molar-refractivity contribution in [1.82, 2.24) is 20.0 Å². The number of hydrogen-bond donors (Lipinski definition) is 3. The zero-order chi connectivity index (χ0) is 28.8. The molecular formula is C31H38N6O3S. The van der Waals surface area contributed by atoms with Crippen molar-refractivity contribution < 1.29 is 14.4 Å². The van der Waals surface area contributed by atoms with E-state index in [1.807, 2.05) is 24.3 Å². The van der Waals surface area contributed by atoms with E-state index >= 15 is 0 Å². The number of nitrogen functional groups attached to an aromatic ring is 1. The largest absolute Gasteiger partial charge is 0.395 e. The highest BCUT2D eigenvalue weighted by Gasteiger charge is 2.37. The van der Waals surface area contributed by atoms with Crippen LogP contribution in [0.25, 0.3) is 0 Å². The van der Waals surface area contributed by atoms with E-state index in [1.54, 1.807) is 24.5 Å². The molecule has 4 N–H and O–H groups in total. The average Bonchev–Trinajstić information content (AvgIpc) is 3.66. The van der Waals surface area contributed by atoms with Crippen molar-refractivity contribution in [2.45, 2.75) is 89.3 Å². The highest BCUT2D eigenvalue weighted by atomic mass is 32.1. The second-order valence-corrected chi connectivity index (χ2v) is 11.7. The second kappa shape index (κ2) is 13.2. The molecule has 0 saturated heterocycles. The van der Waals surface area contributed by atoms with Crippen LogP contribution in [0.1, 0.15) is 102 Å². The lowest BCUT2D eigenvalue weighted by Gasteiger charge is -2.32. The van der Waals surface area contributed by atoms with Crippen molar-refractivity contribution >= 4 is 40.6 Å². The third-order valence-corrected chi connectivity index (χ3v) is 9.00. The van der Waals surface area contributed by atoms with Crippen LogP contribution in [0.4, 0.5) is 11.4 Å². The van der Waals surface area contributed by atoms with Crippen molar-refractivity contribution in [3.8, 4) is 0 Å². The van der Waals surface area contributed by atoms with Gasteiger partial charge in [0.15, 0.2) is 5.69 Å². The summed E-state index contributed by atoms with van der Waals surface area (Å²) in [6, 6.07) is 10.3. The van der Waals surface area contributed by atoms with Crippen LogP contribution in [0.15, 0.2) is 48.8 Å². The topological polar surface area (TPSA) is 130 Å². The third kappa shape index (κ3) is 6.59. The number of nitrogens with zero attached hydrogens (tertiary/aromatic N) is 3. The number of aromatic nitrogens is 2. The Kier molecular flexibility index (Phi) is 9.28. The number of nitrogens with one attached hydrogen (secondary N) is 2. The van der Waals surface area contributed by atoms with E-state index in [2.05, 4.69) is 26.9 Å². The molecule has 2 fully saturated rings. The molecule has 0 spiro atoms. The molecule has 3 aromatic rings. The molecule has 2 aliphatic rings. The molecular weight excluding hydrogens is 536 g/mol. The Labute approximate surface area is 245 Å². The van der Waals surface area contributed by atoms with E-state index in [1.165, 1.54) is 11.3 Å². The molecule has 10 heteroatoms. The van der Waals surface area contributed by atoms with E-state index in [0.29, 0.717) is 11.3 Å². The summed E-state index contributed by atoms with van der Waals surface area (Å²) in [5, 5.41) is 6.22. The van der Waals surface area contributed by atoms with Gasteiger partial charge in [-0.15, -0.1) is 0 Å². The van der Waals surface area contributed by atoms with Gasteiger partial charge in [-0.2, -0.15) is 4.37 Å². The summed E-state index contributed by atoms with van der Waals surface area (Å²) in [5.74, 6) is -1.12. The van der Waals surface area contributed by atoms with Crippen LogP contribution in [0.3, 0.4) is 0 Å². The standard InChI is InChI=1S/C31H38N6O3S/c1-2-20-12-14-24(15-13-20)37(27(21-16-18-33-19-17-21)30(39)35-23-10-6-7-11-23)31(40)28-25(32)26(36-41-28)29(38)34-22-8-4-3-5-9-22/h12-19,22-23,27H,2-11,32H2,1H3,(H,34,38)(H,35,39). The predicted molar refractivity (Wildman–Crippen MR) is 161 cm³/mol. The van der Waals surface area contributed by atoms with E-state index in [0.717, 1.165) is 74.9 Å². The van der Waals surface area contributed by atoms with E-state index in [4.69, 9.17) is 5.73 Å². The quantitative estimate of drug-likeness (QED) is 0.322. The van der Waals surface area contributed by atoms with Gasteiger partial charge in [0.1, 0.15) is 10.9 Å². The number of aryl methyl sites for hydroxylation is 1. The molecule has 2 aromatic heterocycles. The fourth-order valence-electron chi connectivity index (χ4n) is 5.81. The minimum atomic E-state index is -0.973. The summed E-state index contributed by atoms with van der Waals surface area (Å²) in [5.41, 5.74) is 8.83. The van der Waals surface area contributed by atoms with Crippen LogP contribution in [-0.4, -0.2) is 39.2 Å². The van der Waals surface area contributed by atoms with Crippen LogP contribution >= 0.6 is 11.5 Å². The van der Waals surface area contributed by atoms with Crippen LogP contribution < -0.4 is 21.3 Å². The number of carbonyl (C=O) groups is 3. The highest BCUT2D eigenvalue weighted by Crippen LogP contribution is 2.34. The number of rotatable bonds is 9. The Morgan fingerprint density at radius 2 is 1.54 bits per heavy atom. The summed E-state index contributed by atoms with van der Waals surface area (Å²) < 4.78 is 4.31. The minimum absolute atomic E-state index is 0.0353. The Hall–Kier alpha value is -3.79. The number of nitrogens with two attached hydrogens (primary N) is 1. The number of carbonyl (C=O) groups excluding carboxylic acids is 3. The molecule has 0 bridgehead atoms. The van der Waals surface area contributed by atoms with E-state index in [9.17, 15) is 14.4 Å². The zero-order valence-corrected chi connectivity index (χ0v) is 24.3. The lowest BCUT2D eigenvalue weighted by molar-refractivity contribution is -0.123. The fraction of sp³-hybridized carbons (Fsp3) is 0.452. The molecule has 0 aliphatic heterocycles. The van der Waals surface area contributed by atoms with Crippen molar-refractivity contribution in [2.24, 2.45) is 0 Å². The Bertz CT molecular complexity index is 1350. The van der Waals surface area contributed by atoms with Gasteiger partial charge in [0.25, 0.3) is 11.8 Å². The molecule has 2 saturated carbocycles. The van der Waals surface area contributed by atoms with Crippen molar-refractivity contribution in [3.63, 3.8) is 0 Å². The van der Waals surface area contributed by atoms with Crippen LogP contribution in [-0.2, 0) is 11.2 Å². The zero-order valence-electron chi connectivity index (χ0n) is 23.5. The summed E-state index contributed by atoms with van der Waals surface area (Å²) in [6.45, 7) is 2.06. The van der Waals surface area contributed by atoms with Gasteiger partial charge in [-0.05, 0) is 79.0 Å². The normalized spacial score (nSPS) is 16.7. The van der Waals surface area contributed by atoms with Crippen LogP contribution in [0.5, 0.6) is 0 Å². The predicted octanol–water partition coefficient (Wildman–Crippen LogP) is 5.19. The fourth-order valence-corrected chi connectivity index (χ4v) is 6.55. The van der Waals surface area contributed by atoms with Gasteiger partial charge < -0.3 is 16.4 Å². The van der Waals surface area contributed by atoms with Gasteiger partial charge in [-0.1, -0.05) is 51.2 Å². The molecule has 9 nitrogen and oxygen atoms in total. The Balaban J connectivity index is 1.52. The van der Waals surface area contributed by atoms with Gasteiger partial charge in [0.2, 0.25) is 5.91 Å². The van der Waals surface area contributed by atoms with Crippen molar-refractivity contribution in [2.75, 3.05) is 10.6 Å². The summed E-state index contributed by atoms with van der Waals surface area (Å²) >= 11 is 0.891. The van der Waals surface area contributed by atoms with Crippen molar-refractivity contribution in [3.05, 3.63) is 70.5 Å². The first-order valence-electron chi connectivity index (χ1n) is 14.6. The molecule has 41 heavy (non-hydrogen) atoms. The summed E-state index contributed by atoms with van der Waals surface area (Å²) in [6.07, 6.45) is 13.2. The molecule has 1 aromatic carbocycles. The van der Waals surface area contributed by atoms with Gasteiger partial charge in [-0.25, -0.2) is 0 Å². The maximum absolute atomic E-state index is 14.4. The summed E-state index contributed by atoms with van der Waals surface area (Å²) in [4.78, 5) is 47.2. The van der Waals surface area contributed by atoms with Gasteiger partial charge in [0, 0.05) is 30.2 Å². The number of pyridine rings is 1. The third-order valence-electron chi connectivity index (χ3n) is 8.15. The first-order valence-corrected chi connectivity index (χ1v) is 15.4. The maximum Gasteiger partial charge on any atom is 0.273 e. The second-order valence-electron chi connectivity index (χ2n) is 11.0. The van der Waals surface area contributed by atoms with Crippen LogP contribution in [0, 0.1) is 0 Å². The number of benzene rings is 1. The number of amides is 3. The first kappa shape index (κ1) is 28.7. The SMILES string of the molecule is CCc1ccc(N(C(=O)c2snc(C(=O)NC3CCCCC3)c2N)C(C(=O)NC2CCCC2)c2ccncc2)cc1. The van der Waals surface area contributed by atoms with Gasteiger partial charge in [0.05, 0.1) is 5.69 Å².